The molecule has 0 radical (unpaired) electrons. The van der Waals surface area contributed by atoms with Crippen molar-refractivity contribution in [2.24, 2.45) is 0 Å². The van der Waals surface area contributed by atoms with Crippen molar-refractivity contribution in [2.75, 3.05) is 5.32 Å². The Morgan fingerprint density at radius 1 is 1.03 bits per heavy atom. The first-order valence-corrected chi connectivity index (χ1v) is 9.94. The molecule has 1 heterocycles. The second-order valence-corrected chi connectivity index (χ2v) is 7.49. The van der Waals surface area contributed by atoms with E-state index < -0.39 is 0 Å². The van der Waals surface area contributed by atoms with E-state index in [-0.39, 0.29) is 5.91 Å². The summed E-state index contributed by atoms with van der Waals surface area (Å²) < 4.78 is 5.94. The van der Waals surface area contributed by atoms with Crippen molar-refractivity contribution in [1.29, 1.82) is 0 Å². The molecule has 0 bridgehead atoms. The van der Waals surface area contributed by atoms with Crippen LogP contribution in [-0.4, -0.2) is 10.9 Å². The monoisotopic (exact) mass is 384 g/mol. The van der Waals surface area contributed by atoms with E-state index in [0.717, 1.165) is 23.1 Å². The number of carbonyl (C=O) groups excluding carboxylic acids is 1. The zero-order valence-electron chi connectivity index (χ0n) is 16.9. The molecule has 146 valence electrons. The number of carbonyl (C=O) groups is 1. The van der Waals surface area contributed by atoms with Crippen molar-refractivity contribution >= 4 is 22.7 Å². The van der Waals surface area contributed by atoms with Gasteiger partial charge in [-0.3, -0.25) is 4.79 Å². The lowest BCUT2D eigenvalue weighted by molar-refractivity contribution is 0.102. The maximum Gasteiger partial charge on any atom is 0.255 e. The molecule has 0 spiro atoms. The second kappa shape index (κ2) is 7.92. The molecule has 4 nitrogen and oxygen atoms in total. The average Bonchev–Trinajstić information content (AvgIpc) is 3.17. The number of aromatic nitrogens is 1. The summed E-state index contributed by atoms with van der Waals surface area (Å²) in [5, 5.41) is 2.96. The van der Waals surface area contributed by atoms with Gasteiger partial charge in [0, 0.05) is 16.8 Å². The number of aryl methyl sites for hydroxylation is 1. The molecule has 4 aromatic rings. The SMILES string of the molecule is CCc1ccc(C(=O)Nc2cccc(-c3nc4cc(C(C)C)ccc4o3)c2)cc1. The van der Waals surface area contributed by atoms with Crippen LogP contribution in [0.2, 0.25) is 0 Å². The fourth-order valence-corrected chi connectivity index (χ4v) is 3.25. The van der Waals surface area contributed by atoms with Crippen LogP contribution in [-0.2, 0) is 6.42 Å². The normalized spacial score (nSPS) is 11.2. The molecule has 0 unspecified atom stereocenters. The molecular weight excluding hydrogens is 360 g/mol. The zero-order chi connectivity index (χ0) is 20.4. The van der Waals surface area contributed by atoms with Gasteiger partial charge in [-0.05, 0) is 65.9 Å². The lowest BCUT2D eigenvalue weighted by Crippen LogP contribution is -2.11. The molecule has 0 aliphatic rings. The molecule has 0 saturated heterocycles. The van der Waals surface area contributed by atoms with Crippen LogP contribution in [0.3, 0.4) is 0 Å². The van der Waals surface area contributed by atoms with E-state index in [1.165, 1.54) is 11.1 Å². The van der Waals surface area contributed by atoms with E-state index in [4.69, 9.17) is 4.42 Å². The topological polar surface area (TPSA) is 55.1 Å². The first-order valence-electron chi connectivity index (χ1n) is 9.94. The summed E-state index contributed by atoms with van der Waals surface area (Å²) in [6, 6.07) is 21.3. The molecule has 4 heteroatoms. The minimum Gasteiger partial charge on any atom is -0.436 e. The highest BCUT2D eigenvalue weighted by molar-refractivity contribution is 6.04. The third-order valence-electron chi connectivity index (χ3n) is 5.07. The molecule has 0 fully saturated rings. The fourth-order valence-electron chi connectivity index (χ4n) is 3.25. The maximum atomic E-state index is 12.6. The predicted octanol–water partition coefficient (Wildman–Crippen LogP) is 6.43. The third kappa shape index (κ3) is 4.06. The molecule has 0 atom stereocenters. The van der Waals surface area contributed by atoms with Crippen molar-refractivity contribution < 1.29 is 9.21 Å². The Morgan fingerprint density at radius 3 is 2.55 bits per heavy atom. The van der Waals surface area contributed by atoms with Crippen molar-refractivity contribution in [3.8, 4) is 11.5 Å². The summed E-state index contributed by atoms with van der Waals surface area (Å²) in [5.74, 6) is 0.845. The van der Waals surface area contributed by atoms with Crippen LogP contribution in [0.1, 0.15) is 48.2 Å². The second-order valence-electron chi connectivity index (χ2n) is 7.49. The van der Waals surface area contributed by atoms with Crippen LogP contribution in [0.5, 0.6) is 0 Å². The third-order valence-corrected chi connectivity index (χ3v) is 5.07. The maximum absolute atomic E-state index is 12.6. The molecule has 4 rings (SSSR count). The molecule has 29 heavy (non-hydrogen) atoms. The molecule has 0 aliphatic heterocycles. The quantitative estimate of drug-likeness (QED) is 0.431. The molecule has 1 aromatic heterocycles. The van der Waals surface area contributed by atoms with Gasteiger partial charge < -0.3 is 9.73 Å². The van der Waals surface area contributed by atoms with Crippen LogP contribution in [0, 0.1) is 0 Å². The Morgan fingerprint density at radius 2 is 1.83 bits per heavy atom. The summed E-state index contributed by atoms with van der Waals surface area (Å²) in [5.41, 5.74) is 6.21. The van der Waals surface area contributed by atoms with E-state index in [2.05, 4.69) is 43.2 Å². The minimum atomic E-state index is -0.135. The van der Waals surface area contributed by atoms with E-state index in [0.29, 0.717) is 23.1 Å². The highest BCUT2D eigenvalue weighted by Crippen LogP contribution is 2.28. The molecule has 1 N–H and O–H groups in total. The number of hydrogen-bond donors (Lipinski definition) is 1. The predicted molar refractivity (Wildman–Crippen MR) is 117 cm³/mol. The number of amides is 1. The van der Waals surface area contributed by atoms with Gasteiger partial charge in [0.1, 0.15) is 5.52 Å². The van der Waals surface area contributed by atoms with Gasteiger partial charge in [-0.1, -0.05) is 45.0 Å². The smallest absolute Gasteiger partial charge is 0.255 e. The number of nitrogens with one attached hydrogen (secondary N) is 1. The summed E-state index contributed by atoms with van der Waals surface area (Å²) >= 11 is 0. The van der Waals surface area contributed by atoms with Crippen molar-refractivity contribution in [2.45, 2.75) is 33.1 Å². The van der Waals surface area contributed by atoms with Gasteiger partial charge in [-0.15, -0.1) is 0 Å². The van der Waals surface area contributed by atoms with Crippen LogP contribution in [0.25, 0.3) is 22.6 Å². The number of oxazole rings is 1. The summed E-state index contributed by atoms with van der Waals surface area (Å²) in [7, 11) is 0. The molecule has 0 saturated carbocycles. The highest BCUT2D eigenvalue weighted by atomic mass is 16.3. The summed E-state index contributed by atoms with van der Waals surface area (Å²) in [6.07, 6.45) is 0.951. The Hall–Kier alpha value is -3.40. The van der Waals surface area contributed by atoms with Gasteiger partial charge in [0.05, 0.1) is 0 Å². The van der Waals surface area contributed by atoms with Crippen LogP contribution >= 0.6 is 0 Å². The Balaban J connectivity index is 1.58. The van der Waals surface area contributed by atoms with Crippen molar-refractivity contribution in [3.63, 3.8) is 0 Å². The average molecular weight is 384 g/mol. The summed E-state index contributed by atoms with van der Waals surface area (Å²) in [6.45, 7) is 6.41. The number of anilines is 1. The van der Waals surface area contributed by atoms with E-state index >= 15 is 0 Å². The Labute approximate surface area is 170 Å². The van der Waals surface area contributed by atoms with Gasteiger partial charge in [0.25, 0.3) is 5.91 Å². The molecule has 3 aromatic carbocycles. The lowest BCUT2D eigenvalue weighted by Gasteiger charge is -2.07. The minimum absolute atomic E-state index is 0.135. The largest absolute Gasteiger partial charge is 0.436 e. The van der Waals surface area contributed by atoms with E-state index in [1.54, 1.807) is 0 Å². The molecule has 1 amide bonds. The van der Waals surface area contributed by atoms with E-state index in [1.807, 2.05) is 54.6 Å². The van der Waals surface area contributed by atoms with Crippen LogP contribution in [0.15, 0.2) is 71.1 Å². The highest BCUT2D eigenvalue weighted by Gasteiger charge is 2.12. The van der Waals surface area contributed by atoms with E-state index in [9.17, 15) is 4.79 Å². The lowest BCUT2D eigenvalue weighted by atomic mass is 10.0. The number of fused-ring (bicyclic) bond motifs is 1. The van der Waals surface area contributed by atoms with Gasteiger partial charge in [-0.25, -0.2) is 4.98 Å². The van der Waals surface area contributed by atoms with Gasteiger partial charge in [-0.2, -0.15) is 0 Å². The van der Waals surface area contributed by atoms with Crippen molar-refractivity contribution in [3.05, 3.63) is 83.4 Å². The number of nitrogens with zero attached hydrogens (tertiary/aromatic N) is 1. The standard InChI is InChI=1S/C25H24N2O2/c1-4-17-8-10-18(11-9-17)24(28)26-21-7-5-6-20(14-21)25-27-22-15-19(16(2)3)12-13-23(22)29-25/h5-16H,4H2,1-3H3,(H,26,28). The summed E-state index contributed by atoms with van der Waals surface area (Å²) in [4.78, 5) is 17.2. The fraction of sp³-hybridized carbons (Fsp3) is 0.200. The zero-order valence-corrected chi connectivity index (χ0v) is 16.9. The Kier molecular flexibility index (Phi) is 5.17. The molecule has 0 aliphatic carbocycles. The van der Waals surface area contributed by atoms with Crippen molar-refractivity contribution in [1.82, 2.24) is 4.98 Å². The number of rotatable bonds is 5. The van der Waals surface area contributed by atoms with Crippen LogP contribution in [0.4, 0.5) is 5.69 Å². The van der Waals surface area contributed by atoms with Crippen LogP contribution < -0.4 is 5.32 Å². The Bertz CT molecular complexity index is 1160. The molecular formula is C25H24N2O2. The van der Waals surface area contributed by atoms with Gasteiger partial charge in [0.15, 0.2) is 5.58 Å². The van der Waals surface area contributed by atoms with Gasteiger partial charge >= 0.3 is 0 Å². The number of hydrogen-bond acceptors (Lipinski definition) is 3. The first-order chi connectivity index (χ1) is 14.0. The van der Waals surface area contributed by atoms with Gasteiger partial charge in [0.2, 0.25) is 5.89 Å². The number of benzene rings is 3. The first kappa shape index (κ1) is 18.9.